The highest BCUT2D eigenvalue weighted by molar-refractivity contribution is 5.78. The first kappa shape index (κ1) is 13.0. The number of fused-ring (bicyclic) bond motifs is 1. The fourth-order valence-electron chi connectivity index (χ4n) is 2.03. The summed E-state index contributed by atoms with van der Waals surface area (Å²) in [5.41, 5.74) is 1.15. The molecule has 18 heavy (non-hydrogen) atoms. The quantitative estimate of drug-likeness (QED) is 0.779. The predicted molar refractivity (Wildman–Crippen MR) is 60.4 cm³/mol. The molecule has 0 aromatic heterocycles. The molecule has 0 aliphatic carbocycles. The average molecular weight is 256 g/mol. The smallest absolute Gasteiger partial charge is 0.380 e. The monoisotopic (exact) mass is 256 g/mol. The van der Waals surface area contributed by atoms with E-state index < -0.39 is 18.0 Å². The van der Waals surface area contributed by atoms with Crippen molar-refractivity contribution in [1.29, 1.82) is 0 Å². The molecule has 0 radical (unpaired) electrons. The maximum atomic E-state index is 14.0. The average Bonchev–Trinajstić information content (AvgIpc) is 2.38. The third-order valence-corrected chi connectivity index (χ3v) is 2.87. The van der Waals surface area contributed by atoms with Gasteiger partial charge in [0.05, 0.1) is 13.2 Å². The summed E-state index contributed by atoms with van der Waals surface area (Å²) in [5, 5.41) is 0. The Labute approximate surface area is 104 Å². The highest BCUT2D eigenvalue weighted by Gasteiger charge is 2.52. The highest BCUT2D eigenvalue weighted by Crippen LogP contribution is 2.39. The fourth-order valence-corrected chi connectivity index (χ4v) is 2.03. The molecule has 1 unspecified atom stereocenters. The second kappa shape index (κ2) is 5.02. The lowest BCUT2D eigenvalue weighted by Gasteiger charge is -2.30. The van der Waals surface area contributed by atoms with Crippen LogP contribution in [0.25, 0.3) is 0 Å². The molecule has 1 aromatic carbocycles. The SMILES string of the molecule is CCOC(=O)C(F)(F)C1OCCc2ccccc21. The van der Waals surface area contributed by atoms with Crippen LogP contribution in [-0.2, 0) is 20.7 Å². The molecule has 1 aromatic rings. The predicted octanol–water partition coefficient (Wildman–Crippen LogP) is 2.50. The highest BCUT2D eigenvalue weighted by atomic mass is 19.3. The van der Waals surface area contributed by atoms with Crippen molar-refractivity contribution in [3.05, 3.63) is 35.4 Å². The zero-order valence-corrected chi connectivity index (χ0v) is 9.99. The Hall–Kier alpha value is -1.49. The molecule has 1 atom stereocenters. The first-order valence-corrected chi connectivity index (χ1v) is 5.81. The molecule has 98 valence electrons. The number of alkyl halides is 2. The van der Waals surface area contributed by atoms with Crippen molar-refractivity contribution >= 4 is 5.97 Å². The maximum Gasteiger partial charge on any atom is 0.380 e. The molecular weight excluding hydrogens is 242 g/mol. The van der Waals surface area contributed by atoms with Gasteiger partial charge in [0, 0.05) is 0 Å². The van der Waals surface area contributed by atoms with Gasteiger partial charge >= 0.3 is 11.9 Å². The van der Waals surface area contributed by atoms with E-state index in [1.807, 2.05) is 0 Å². The van der Waals surface area contributed by atoms with Crippen molar-refractivity contribution in [1.82, 2.24) is 0 Å². The number of rotatable bonds is 3. The lowest BCUT2D eigenvalue weighted by molar-refractivity contribution is -0.197. The Morgan fingerprint density at radius 1 is 1.50 bits per heavy atom. The summed E-state index contributed by atoms with van der Waals surface area (Å²) < 4.78 is 37.4. The Morgan fingerprint density at radius 3 is 2.94 bits per heavy atom. The molecule has 3 nitrogen and oxygen atoms in total. The van der Waals surface area contributed by atoms with Gasteiger partial charge in [0.15, 0.2) is 6.10 Å². The van der Waals surface area contributed by atoms with Crippen LogP contribution in [0.2, 0.25) is 0 Å². The summed E-state index contributed by atoms with van der Waals surface area (Å²) in [7, 11) is 0. The van der Waals surface area contributed by atoms with E-state index in [9.17, 15) is 13.6 Å². The second-order valence-corrected chi connectivity index (χ2v) is 4.04. The molecule has 0 spiro atoms. The van der Waals surface area contributed by atoms with E-state index >= 15 is 0 Å². The molecule has 0 saturated heterocycles. The van der Waals surface area contributed by atoms with Crippen LogP contribution < -0.4 is 0 Å². The number of carbonyl (C=O) groups excluding carboxylic acids is 1. The van der Waals surface area contributed by atoms with Crippen LogP contribution in [0.1, 0.15) is 24.2 Å². The summed E-state index contributed by atoms with van der Waals surface area (Å²) in [6, 6.07) is 6.77. The van der Waals surface area contributed by atoms with Crippen molar-refractivity contribution in [3.8, 4) is 0 Å². The Balaban J connectivity index is 2.32. The molecule has 1 heterocycles. The van der Waals surface area contributed by atoms with Crippen LogP contribution in [0.5, 0.6) is 0 Å². The number of halogens is 2. The lowest BCUT2D eigenvalue weighted by atomic mass is 9.94. The first-order valence-electron chi connectivity index (χ1n) is 5.81. The van der Waals surface area contributed by atoms with Gasteiger partial charge in [-0.3, -0.25) is 0 Å². The lowest BCUT2D eigenvalue weighted by Crippen LogP contribution is -2.40. The molecule has 5 heteroatoms. The van der Waals surface area contributed by atoms with Gasteiger partial charge in [0.2, 0.25) is 0 Å². The van der Waals surface area contributed by atoms with Gasteiger partial charge in [-0.15, -0.1) is 0 Å². The molecule has 0 bridgehead atoms. The normalized spacial score (nSPS) is 19.2. The first-order chi connectivity index (χ1) is 8.57. The van der Waals surface area contributed by atoms with Crippen molar-refractivity contribution in [2.45, 2.75) is 25.4 Å². The molecular formula is C13H14F2O3. The third kappa shape index (κ3) is 2.22. The van der Waals surface area contributed by atoms with E-state index in [1.165, 1.54) is 6.92 Å². The minimum atomic E-state index is -3.66. The van der Waals surface area contributed by atoms with Gasteiger partial charge in [-0.2, -0.15) is 8.78 Å². The maximum absolute atomic E-state index is 14.0. The minimum Gasteiger partial charge on any atom is -0.461 e. The van der Waals surface area contributed by atoms with Gasteiger partial charge in [-0.25, -0.2) is 4.79 Å². The van der Waals surface area contributed by atoms with Crippen LogP contribution in [0.3, 0.4) is 0 Å². The number of carbonyl (C=O) groups is 1. The van der Waals surface area contributed by atoms with Crippen LogP contribution >= 0.6 is 0 Å². The number of ether oxygens (including phenoxy) is 2. The van der Waals surface area contributed by atoms with E-state index in [2.05, 4.69) is 4.74 Å². The minimum absolute atomic E-state index is 0.0806. The fraction of sp³-hybridized carbons (Fsp3) is 0.462. The van der Waals surface area contributed by atoms with Gasteiger partial charge in [-0.05, 0) is 24.5 Å². The summed E-state index contributed by atoms with van der Waals surface area (Å²) in [5.74, 6) is -5.20. The Kier molecular flexibility index (Phi) is 3.61. The number of hydrogen-bond acceptors (Lipinski definition) is 3. The number of esters is 1. The summed E-state index contributed by atoms with van der Waals surface area (Å²) in [4.78, 5) is 11.3. The molecule has 1 aliphatic heterocycles. The van der Waals surface area contributed by atoms with E-state index in [4.69, 9.17) is 4.74 Å². The van der Waals surface area contributed by atoms with Gasteiger partial charge in [0.1, 0.15) is 0 Å². The van der Waals surface area contributed by atoms with Gasteiger partial charge < -0.3 is 9.47 Å². The van der Waals surface area contributed by atoms with Crippen molar-refractivity contribution in [2.24, 2.45) is 0 Å². The summed E-state index contributed by atoms with van der Waals surface area (Å²) in [6.07, 6.45) is -0.979. The molecule has 2 rings (SSSR count). The van der Waals surface area contributed by atoms with Crippen molar-refractivity contribution in [2.75, 3.05) is 13.2 Å². The largest absolute Gasteiger partial charge is 0.461 e. The molecule has 0 amide bonds. The van der Waals surface area contributed by atoms with Crippen LogP contribution in [0.4, 0.5) is 8.78 Å². The third-order valence-electron chi connectivity index (χ3n) is 2.87. The number of benzene rings is 1. The van der Waals surface area contributed by atoms with Crippen LogP contribution in [0, 0.1) is 0 Å². The second-order valence-electron chi connectivity index (χ2n) is 4.04. The molecule has 0 fully saturated rings. The van der Waals surface area contributed by atoms with Crippen molar-refractivity contribution < 1.29 is 23.0 Å². The molecule has 1 aliphatic rings. The van der Waals surface area contributed by atoms with E-state index in [-0.39, 0.29) is 13.2 Å². The van der Waals surface area contributed by atoms with Crippen LogP contribution in [0.15, 0.2) is 24.3 Å². The van der Waals surface area contributed by atoms with Gasteiger partial charge in [0.25, 0.3) is 0 Å². The Morgan fingerprint density at radius 2 is 2.22 bits per heavy atom. The molecule has 0 N–H and O–H groups in total. The summed E-state index contributed by atoms with van der Waals surface area (Å²) in [6.45, 7) is 1.59. The summed E-state index contributed by atoms with van der Waals surface area (Å²) >= 11 is 0. The van der Waals surface area contributed by atoms with E-state index in [0.29, 0.717) is 12.0 Å². The van der Waals surface area contributed by atoms with E-state index in [1.54, 1.807) is 24.3 Å². The number of hydrogen-bond donors (Lipinski definition) is 0. The zero-order valence-electron chi connectivity index (χ0n) is 9.99. The van der Waals surface area contributed by atoms with Crippen LogP contribution in [-0.4, -0.2) is 25.1 Å². The topological polar surface area (TPSA) is 35.5 Å². The zero-order chi connectivity index (χ0) is 13.2. The van der Waals surface area contributed by atoms with Gasteiger partial charge in [-0.1, -0.05) is 24.3 Å². The molecule has 0 saturated carbocycles. The Bertz CT molecular complexity index is 446. The van der Waals surface area contributed by atoms with E-state index in [0.717, 1.165) is 5.56 Å². The standard InChI is InChI=1S/C13H14F2O3/c1-2-17-12(16)13(14,15)11-10-6-4-3-5-9(10)7-8-18-11/h3-6,11H,2,7-8H2,1H3. The van der Waals surface area contributed by atoms with Crippen molar-refractivity contribution in [3.63, 3.8) is 0 Å².